The monoisotopic (exact) mass is 282 g/mol. The van der Waals surface area contributed by atoms with Crippen molar-refractivity contribution < 1.29 is 9.59 Å². The molecule has 0 bridgehead atoms. The van der Waals surface area contributed by atoms with Crippen LogP contribution in [0, 0.1) is 5.92 Å². The lowest BCUT2D eigenvalue weighted by molar-refractivity contribution is -0.125. The molecule has 0 saturated carbocycles. The van der Waals surface area contributed by atoms with Gasteiger partial charge in [0.05, 0.1) is 5.92 Å². The van der Waals surface area contributed by atoms with Crippen molar-refractivity contribution >= 4 is 11.8 Å². The second-order valence-electron chi connectivity index (χ2n) is 5.51. The number of carbonyl (C=O) groups excluding carboxylic acids is 2. The van der Waals surface area contributed by atoms with E-state index in [2.05, 4.69) is 13.5 Å². The van der Waals surface area contributed by atoms with E-state index in [1.165, 1.54) is 38.5 Å². The highest BCUT2D eigenvalue weighted by Crippen LogP contribution is 2.20. The zero-order chi connectivity index (χ0) is 15.4. The SMILES string of the molecule is C=C(CCCCCCCCCC)C(CC(N)=O)C(N)=O. The third-order valence-electron chi connectivity index (χ3n) is 3.59. The van der Waals surface area contributed by atoms with E-state index in [1.54, 1.807) is 0 Å². The van der Waals surface area contributed by atoms with Crippen LogP contribution in [0.25, 0.3) is 0 Å². The van der Waals surface area contributed by atoms with Gasteiger partial charge in [-0.05, 0) is 12.8 Å². The van der Waals surface area contributed by atoms with Gasteiger partial charge in [0.1, 0.15) is 0 Å². The van der Waals surface area contributed by atoms with Crippen LogP contribution in [-0.4, -0.2) is 11.8 Å². The maximum atomic E-state index is 11.3. The van der Waals surface area contributed by atoms with Crippen molar-refractivity contribution in [2.45, 2.75) is 71.1 Å². The summed E-state index contributed by atoms with van der Waals surface area (Å²) in [6, 6.07) is 0. The molecule has 4 N–H and O–H groups in total. The number of amides is 2. The van der Waals surface area contributed by atoms with E-state index >= 15 is 0 Å². The fourth-order valence-corrected chi connectivity index (χ4v) is 2.31. The zero-order valence-electron chi connectivity index (χ0n) is 12.8. The number of hydrogen-bond acceptors (Lipinski definition) is 2. The van der Waals surface area contributed by atoms with Gasteiger partial charge in [-0.15, -0.1) is 0 Å². The van der Waals surface area contributed by atoms with Crippen molar-refractivity contribution in [1.82, 2.24) is 0 Å². The molecule has 0 saturated heterocycles. The maximum absolute atomic E-state index is 11.3. The Kier molecular flexibility index (Phi) is 10.7. The van der Waals surface area contributed by atoms with E-state index in [0.29, 0.717) is 0 Å². The molecule has 0 spiro atoms. The molecule has 0 aromatic heterocycles. The minimum Gasteiger partial charge on any atom is -0.370 e. The van der Waals surface area contributed by atoms with Crippen LogP contribution in [0.5, 0.6) is 0 Å². The van der Waals surface area contributed by atoms with Crippen molar-refractivity contribution in [2.75, 3.05) is 0 Å². The number of primary amides is 2. The van der Waals surface area contributed by atoms with Gasteiger partial charge in [-0.1, -0.05) is 64.0 Å². The first kappa shape index (κ1) is 18.7. The predicted octanol–water partition coefficient (Wildman–Crippen LogP) is 3.05. The number of nitrogens with two attached hydrogens (primary N) is 2. The van der Waals surface area contributed by atoms with Gasteiger partial charge in [-0.2, -0.15) is 0 Å². The third kappa shape index (κ3) is 9.59. The molecule has 2 amide bonds. The van der Waals surface area contributed by atoms with Crippen molar-refractivity contribution in [1.29, 1.82) is 0 Å². The second-order valence-corrected chi connectivity index (χ2v) is 5.51. The molecular formula is C16H30N2O2. The van der Waals surface area contributed by atoms with Crippen LogP contribution >= 0.6 is 0 Å². The molecule has 1 unspecified atom stereocenters. The van der Waals surface area contributed by atoms with Gasteiger partial charge in [0.15, 0.2) is 0 Å². The van der Waals surface area contributed by atoms with E-state index < -0.39 is 17.7 Å². The Morgan fingerprint density at radius 2 is 1.45 bits per heavy atom. The van der Waals surface area contributed by atoms with Crippen LogP contribution < -0.4 is 11.5 Å². The van der Waals surface area contributed by atoms with E-state index in [0.717, 1.165) is 24.8 Å². The Labute approximate surface area is 123 Å². The Hall–Kier alpha value is -1.32. The molecule has 0 aliphatic carbocycles. The lowest BCUT2D eigenvalue weighted by Gasteiger charge is -2.14. The van der Waals surface area contributed by atoms with Gasteiger partial charge in [0, 0.05) is 6.42 Å². The molecule has 116 valence electrons. The van der Waals surface area contributed by atoms with E-state index in [1.807, 2.05) is 0 Å². The molecule has 0 aliphatic rings. The summed E-state index contributed by atoms with van der Waals surface area (Å²) in [5.41, 5.74) is 11.1. The maximum Gasteiger partial charge on any atom is 0.225 e. The van der Waals surface area contributed by atoms with Crippen LogP contribution in [-0.2, 0) is 9.59 Å². The van der Waals surface area contributed by atoms with Gasteiger partial charge in [-0.3, -0.25) is 9.59 Å². The molecule has 0 aliphatic heterocycles. The molecule has 0 radical (unpaired) electrons. The summed E-state index contributed by atoms with van der Waals surface area (Å²) in [6.07, 6.45) is 10.6. The van der Waals surface area contributed by atoms with Crippen molar-refractivity contribution in [3.8, 4) is 0 Å². The van der Waals surface area contributed by atoms with Gasteiger partial charge >= 0.3 is 0 Å². The fraction of sp³-hybridized carbons (Fsp3) is 0.750. The molecular weight excluding hydrogens is 252 g/mol. The number of rotatable bonds is 13. The minimum atomic E-state index is -0.600. The second kappa shape index (κ2) is 11.5. The Bertz CT molecular complexity index is 314. The quantitative estimate of drug-likeness (QED) is 0.402. The minimum absolute atomic E-state index is 0.0226. The Morgan fingerprint density at radius 1 is 0.950 bits per heavy atom. The topological polar surface area (TPSA) is 86.2 Å². The molecule has 0 fully saturated rings. The van der Waals surface area contributed by atoms with Crippen LogP contribution in [0.15, 0.2) is 12.2 Å². The molecule has 0 aromatic carbocycles. The van der Waals surface area contributed by atoms with Crippen molar-refractivity contribution in [3.63, 3.8) is 0 Å². The van der Waals surface area contributed by atoms with Gasteiger partial charge in [0.2, 0.25) is 11.8 Å². The zero-order valence-corrected chi connectivity index (χ0v) is 12.8. The number of unbranched alkanes of at least 4 members (excludes halogenated alkanes) is 7. The molecule has 20 heavy (non-hydrogen) atoms. The molecule has 4 heteroatoms. The molecule has 1 atom stereocenters. The Balaban J connectivity index is 3.74. The average molecular weight is 282 g/mol. The first-order valence-electron chi connectivity index (χ1n) is 7.74. The van der Waals surface area contributed by atoms with Crippen molar-refractivity contribution in [2.24, 2.45) is 17.4 Å². The third-order valence-corrected chi connectivity index (χ3v) is 3.59. The predicted molar refractivity (Wildman–Crippen MR) is 82.9 cm³/mol. The van der Waals surface area contributed by atoms with Crippen LogP contribution in [0.1, 0.15) is 71.1 Å². The smallest absolute Gasteiger partial charge is 0.225 e. The number of hydrogen-bond donors (Lipinski definition) is 2. The van der Waals surface area contributed by atoms with Gasteiger partial charge < -0.3 is 11.5 Å². The fourth-order valence-electron chi connectivity index (χ4n) is 2.31. The van der Waals surface area contributed by atoms with Crippen LogP contribution in [0.4, 0.5) is 0 Å². The standard InChI is InChI=1S/C16H30N2O2/c1-3-4-5-6-7-8-9-10-11-13(2)14(16(18)20)12-15(17)19/h14H,2-12H2,1H3,(H2,17,19)(H2,18,20). The highest BCUT2D eigenvalue weighted by atomic mass is 16.2. The normalized spacial score (nSPS) is 12.1. The molecule has 0 aromatic rings. The van der Waals surface area contributed by atoms with Crippen LogP contribution in [0.3, 0.4) is 0 Å². The highest BCUT2D eigenvalue weighted by Gasteiger charge is 2.20. The largest absolute Gasteiger partial charge is 0.370 e. The summed E-state index contributed by atoms with van der Waals surface area (Å²) in [7, 11) is 0. The highest BCUT2D eigenvalue weighted by molar-refractivity contribution is 5.86. The summed E-state index contributed by atoms with van der Waals surface area (Å²) in [6.45, 7) is 6.09. The summed E-state index contributed by atoms with van der Waals surface area (Å²) < 4.78 is 0. The average Bonchev–Trinajstić information content (AvgIpc) is 2.38. The van der Waals surface area contributed by atoms with Gasteiger partial charge in [-0.25, -0.2) is 0 Å². The lowest BCUT2D eigenvalue weighted by atomic mass is 9.91. The Morgan fingerprint density at radius 3 is 1.90 bits per heavy atom. The van der Waals surface area contributed by atoms with E-state index in [9.17, 15) is 9.59 Å². The van der Waals surface area contributed by atoms with E-state index in [4.69, 9.17) is 11.5 Å². The summed E-state index contributed by atoms with van der Waals surface area (Å²) in [5, 5.41) is 0. The molecule has 4 nitrogen and oxygen atoms in total. The summed E-state index contributed by atoms with van der Waals surface area (Å²) in [4.78, 5) is 22.2. The molecule has 0 rings (SSSR count). The first-order chi connectivity index (χ1) is 9.49. The van der Waals surface area contributed by atoms with E-state index in [-0.39, 0.29) is 6.42 Å². The summed E-state index contributed by atoms with van der Waals surface area (Å²) >= 11 is 0. The molecule has 0 heterocycles. The van der Waals surface area contributed by atoms with Crippen molar-refractivity contribution in [3.05, 3.63) is 12.2 Å². The van der Waals surface area contributed by atoms with Gasteiger partial charge in [0.25, 0.3) is 0 Å². The number of carbonyl (C=O) groups is 2. The van der Waals surface area contributed by atoms with Crippen LogP contribution in [0.2, 0.25) is 0 Å². The summed E-state index contributed by atoms with van der Waals surface area (Å²) in [5.74, 6) is -1.61. The lowest BCUT2D eigenvalue weighted by Crippen LogP contribution is -2.29. The first-order valence-corrected chi connectivity index (χ1v) is 7.74.